The Morgan fingerprint density at radius 1 is 1.20 bits per heavy atom. The number of hydrogen-bond donors (Lipinski definition) is 1. The molecule has 1 atom stereocenters. The molecule has 1 N–H and O–H groups in total. The summed E-state index contributed by atoms with van der Waals surface area (Å²) >= 11 is 0. The Hall–Kier alpha value is -0.160. The van der Waals surface area contributed by atoms with Crippen molar-refractivity contribution in [2.24, 2.45) is 5.92 Å². The number of rotatable bonds is 9. The van der Waals surface area contributed by atoms with Crippen LogP contribution in [-0.2, 0) is 9.47 Å². The fourth-order valence-electron chi connectivity index (χ4n) is 3.06. The number of ether oxygens (including phenoxy) is 2. The van der Waals surface area contributed by atoms with Gasteiger partial charge in [-0.05, 0) is 18.8 Å². The van der Waals surface area contributed by atoms with Crippen LogP contribution in [0.1, 0.15) is 40.5 Å². The maximum absolute atomic E-state index is 5.65. The van der Waals surface area contributed by atoms with Crippen molar-refractivity contribution in [3.05, 3.63) is 0 Å². The molecule has 0 amide bonds. The Morgan fingerprint density at radius 3 is 2.45 bits per heavy atom. The van der Waals surface area contributed by atoms with E-state index in [9.17, 15) is 0 Å². The average Bonchev–Trinajstić information content (AvgIpc) is 2.46. The average molecular weight is 286 g/mol. The topological polar surface area (TPSA) is 33.7 Å². The number of nitrogens with zero attached hydrogens (tertiary/aromatic N) is 1. The summed E-state index contributed by atoms with van der Waals surface area (Å²) < 4.78 is 10.7. The molecule has 4 heteroatoms. The second-order valence-corrected chi connectivity index (χ2v) is 6.26. The van der Waals surface area contributed by atoms with E-state index in [0.717, 1.165) is 26.2 Å². The molecular formula is C16H34N2O2. The van der Waals surface area contributed by atoms with Crippen LogP contribution in [0.15, 0.2) is 0 Å². The smallest absolute Gasteiger partial charge is 0.0700 e. The van der Waals surface area contributed by atoms with Gasteiger partial charge in [-0.25, -0.2) is 0 Å². The summed E-state index contributed by atoms with van der Waals surface area (Å²) in [7, 11) is 1.71. The SMILES string of the molecule is CCC1(CC)CN(CCOCCOC)C(C(C)C)CN1. The molecule has 0 aromatic carbocycles. The van der Waals surface area contributed by atoms with Crippen molar-refractivity contribution in [1.29, 1.82) is 0 Å². The van der Waals surface area contributed by atoms with Gasteiger partial charge in [-0.15, -0.1) is 0 Å². The molecule has 0 aromatic rings. The summed E-state index contributed by atoms with van der Waals surface area (Å²) in [6, 6.07) is 0.618. The van der Waals surface area contributed by atoms with Crippen molar-refractivity contribution in [2.75, 3.05) is 46.6 Å². The van der Waals surface area contributed by atoms with Gasteiger partial charge in [0.1, 0.15) is 0 Å². The predicted molar refractivity (Wildman–Crippen MR) is 84.2 cm³/mol. The summed E-state index contributed by atoms with van der Waals surface area (Å²) in [4.78, 5) is 2.63. The first-order valence-electron chi connectivity index (χ1n) is 8.14. The molecule has 1 saturated heterocycles. The summed E-state index contributed by atoms with van der Waals surface area (Å²) in [5, 5.41) is 3.80. The number of hydrogen-bond acceptors (Lipinski definition) is 4. The van der Waals surface area contributed by atoms with E-state index < -0.39 is 0 Å². The zero-order valence-corrected chi connectivity index (χ0v) is 14.1. The van der Waals surface area contributed by atoms with Crippen LogP contribution in [0.2, 0.25) is 0 Å². The van der Waals surface area contributed by atoms with Gasteiger partial charge in [0.2, 0.25) is 0 Å². The van der Waals surface area contributed by atoms with Crippen molar-refractivity contribution in [3.63, 3.8) is 0 Å². The first-order valence-corrected chi connectivity index (χ1v) is 8.14. The molecule has 120 valence electrons. The lowest BCUT2D eigenvalue weighted by atomic mass is 9.86. The highest BCUT2D eigenvalue weighted by Crippen LogP contribution is 2.25. The van der Waals surface area contributed by atoms with Gasteiger partial charge in [-0.3, -0.25) is 4.90 Å². The molecule has 0 aromatic heterocycles. The van der Waals surface area contributed by atoms with E-state index in [0.29, 0.717) is 25.2 Å². The molecule has 1 fully saturated rings. The third-order valence-electron chi connectivity index (χ3n) is 4.74. The molecule has 1 aliphatic rings. The maximum Gasteiger partial charge on any atom is 0.0700 e. The van der Waals surface area contributed by atoms with Gasteiger partial charge in [-0.2, -0.15) is 0 Å². The van der Waals surface area contributed by atoms with Crippen LogP contribution >= 0.6 is 0 Å². The highest BCUT2D eigenvalue weighted by Gasteiger charge is 2.37. The van der Waals surface area contributed by atoms with Gasteiger partial charge >= 0.3 is 0 Å². The van der Waals surface area contributed by atoms with Gasteiger partial charge in [-0.1, -0.05) is 27.7 Å². The van der Waals surface area contributed by atoms with E-state index in [-0.39, 0.29) is 5.54 Å². The van der Waals surface area contributed by atoms with Crippen LogP contribution in [0.4, 0.5) is 0 Å². The minimum absolute atomic E-state index is 0.290. The molecule has 0 saturated carbocycles. The second-order valence-electron chi connectivity index (χ2n) is 6.26. The molecule has 4 nitrogen and oxygen atoms in total. The third-order valence-corrected chi connectivity index (χ3v) is 4.74. The summed E-state index contributed by atoms with van der Waals surface area (Å²) in [5.74, 6) is 0.674. The van der Waals surface area contributed by atoms with E-state index in [4.69, 9.17) is 9.47 Å². The minimum atomic E-state index is 0.290. The summed E-state index contributed by atoms with van der Waals surface area (Å²) in [6.45, 7) is 14.6. The molecule has 1 heterocycles. The van der Waals surface area contributed by atoms with E-state index >= 15 is 0 Å². The summed E-state index contributed by atoms with van der Waals surface area (Å²) in [6.07, 6.45) is 2.38. The fourth-order valence-corrected chi connectivity index (χ4v) is 3.06. The second kappa shape index (κ2) is 8.98. The number of piperazine rings is 1. The molecule has 0 spiro atoms. The van der Waals surface area contributed by atoms with Crippen molar-refractivity contribution in [2.45, 2.75) is 52.1 Å². The summed E-state index contributed by atoms with van der Waals surface area (Å²) in [5.41, 5.74) is 0.290. The maximum atomic E-state index is 5.65. The Balaban J connectivity index is 2.51. The molecule has 0 bridgehead atoms. The zero-order valence-electron chi connectivity index (χ0n) is 14.1. The van der Waals surface area contributed by atoms with Crippen LogP contribution in [0.5, 0.6) is 0 Å². The fraction of sp³-hybridized carbons (Fsp3) is 1.00. The normalized spacial score (nSPS) is 23.4. The lowest BCUT2D eigenvalue weighted by Crippen LogP contribution is -2.65. The van der Waals surface area contributed by atoms with Crippen LogP contribution in [-0.4, -0.2) is 63.0 Å². The van der Waals surface area contributed by atoms with E-state index in [1.807, 2.05) is 0 Å². The first kappa shape index (κ1) is 17.9. The monoisotopic (exact) mass is 286 g/mol. The van der Waals surface area contributed by atoms with Gasteiger partial charge in [0.15, 0.2) is 0 Å². The predicted octanol–water partition coefficient (Wildman–Crippen LogP) is 2.14. The first-order chi connectivity index (χ1) is 9.58. The Bertz CT molecular complexity index is 255. The Morgan fingerprint density at radius 2 is 1.90 bits per heavy atom. The molecular weight excluding hydrogens is 252 g/mol. The quantitative estimate of drug-likeness (QED) is 0.659. The Kier molecular flexibility index (Phi) is 8.03. The van der Waals surface area contributed by atoms with Crippen molar-refractivity contribution in [3.8, 4) is 0 Å². The third kappa shape index (κ3) is 4.99. The van der Waals surface area contributed by atoms with Gasteiger partial charge in [0.05, 0.1) is 19.8 Å². The van der Waals surface area contributed by atoms with E-state index in [1.54, 1.807) is 7.11 Å². The Labute approximate surface area is 125 Å². The molecule has 0 radical (unpaired) electrons. The molecule has 0 aliphatic carbocycles. The number of methoxy groups -OCH3 is 1. The van der Waals surface area contributed by atoms with Gasteiger partial charge < -0.3 is 14.8 Å². The van der Waals surface area contributed by atoms with Gasteiger partial charge in [0, 0.05) is 38.3 Å². The van der Waals surface area contributed by atoms with E-state index in [2.05, 4.69) is 37.9 Å². The molecule has 1 aliphatic heterocycles. The largest absolute Gasteiger partial charge is 0.382 e. The van der Waals surface area contributed by atoms with Crippen LogP contribution in [0.3, 0.4) is 0 Å². The van der Waals surface area contributed by atoms with Crippen LogP contribution < -0.4 is 5.32 Å². The lowest BCUT2D eigenvalue weighted by molar-refractivity contribution is 0.0115. The highest BCUT2D eigenvalue weighted by atomic mass is 16.5. The van der Waals surface area contributed by atoms with Crippen molar-refractivity contribution >= 4 is 0 Å². The van der Waals surface area contributed by atoms with Gasteiger partial charge in [0.25, 0.3) is 0 Å². The molecule has 20 heavy (non-hydrogen) atoms. The van der Waals surface area contributed by atoms with E-state index in [1.165, 1.54) is 12.8 Å². The van der Waals surface area contributed by atoms with Crippen LogP contribution in [0, 0.1) is 5.92 Å². The highest BCUT2D eigenvalue weighted by molar-refractivity contribution is 4.97. The lowest BCUT2D eigenvalue weighted by Gasteiger charge is -2.49. The molecule has 1 rings (SSSR count). The van der Waals surface area contributed by atoms with Crippen molar-refractivity contribution < 1.29 is 9.47 Å². The minimum Gasteiger partial charge on any atom is -0.382 e. The van der Waals surface area contributed by atoms with Crippen LogP contribution in [0.25, 0.3) is 0 Å². The zero-order chi connectivity index (χ0) is 15.0. The molecule has 1 unspecified atom stereocenters. The standard InChI is InChI=1S/C16H34N2O2/c1-6-16(7-2)13-18(8-9-20-11-10-19-5)15(12-17-16)14(3)4/h14-15,17H,6-13H2,1-5H3. The number of nitrogens with one attached hydrogen (secondary N) is 1. The van der Waals surface area contributed by atoms with Crippen molar-refractivity contribution in [1.82, 2.24) is 10.2 Å².